The van der Waals surface area contributed by atoms with Crippen molar-refractivity contribution in [3.63, 3.8) is 0 Å². The topological polar surface area (TPSA) is 65.9 Å². The number of nitrogens with zero attached hydrogens (tertiary/aromatic N) is 3. The molecule has 7 heteroatoms. The minimum atomic E-state index is -0.775. The number of halogens is 1. The smallest absolute Gasteiger partial charge is 0.307 e. The molecule has 36 heavy (non-hydrogen) atoms. The Morgan fingerprint density at radius 1 is 1.31 bits per heavy atom. The van der Waals surface area contributed by atoms with E-state index in [1.165, 1.54) is 22.3 Å². The second kappa shape index (κ2) is 11.5. The summed E-state index contributed by atoms with van der Waals surface area (Å²) in [7, 11) is 1.96. The number of ether oxygens (including phenoxy) is 1. The van der Waals surface area contributed by atoms with Crippen molar-refractivity contribution < 1.29 is 19.0 Å². The van der Waals surface area contributed by atoms with Gasteiger partial charge in [0.25, 0.3) is 0 Å². The number of aliphatic carboxylic acids is 1. The molecule has 6 nitrogen and oxygen atoms in total. The molecule has 0 saturated heterocycles. The first-order valence-electron chi connectivity index (χ1n) is 12.9. The maximum Gasteiger partial charge on any atom is 0.307 e. The standard InChI is InChI=1S/C29H38FN3O3/c1-19(29(34)35)18-33-20(2)16-25-24-9-6-5-8-22(24)17-26(25)27(33)23-10-12-31-28(21(23)3)36-15-14-32(4)13-7-11-30/h5-6,8-10,12,19-20,27H,7,11,13-18H2,1-4H3,(H,34,35)/t19-,20-,27-/m1/s1. The van der Waals surface area contributed by atoms with Gasteiger partial charge >= 0.3 is 5.97 Å². The molecule has 0 bridgehead atoms. The van der Waals surface area contributed by atoms with Crippen molar-refractivity contribution in [1.82, 2.24) is 14.8 Å². The third-order valence-corrected chi connectivity index (χ3v) is 7.62. The zero-order chi connectivity index (χ0) is 25.8. The van der Waals surface area contributed by atoms with E-state index in [1.54, 1.807) is 13.1 Å². The number of rotatable bonds is 11. The molecule has 0 radical (unpaired) electrons. The summed E-state index contributed by atoms with van der Waals surface area (Å²) >= 11 is 0. The Morgan fingerprint density at radius 3 is 2.83 bits per heavy atom. The summed E-state index contributed by atoms with van der Waals surface area (Å²) in [6.07, 6.45) is 4.10. The molecule has 4 rings (SSSR count). The van der Waals surface area contributed by atoms with Crippen molar-refractivity contribution in [2.24, 2.45) is 5.92 Å². The molecular weight excluding hydrogens is 457 g/mol. The Bertz CT molecular complexity index is 1120. The van der Waals surface area contributed by atoms with Crippen LogP contribution in [0.3, 0.4) is 0 Å². The number of likely N-dealkylation sites (N-methyl/N-ethyl adjacent to an activating group) is 1. The number of hydrogen-bond acceptors (Lipinski definition) is 5. The van der Waals surface area contributed by atoms with Crippen molar-refractivity contribution in [1.29, 1.82) is 0 Å². The third kappa shape index (κ3) is 5.47. The quantitative estimate of drug-likeness (QED) is 0.477. The van der Waals surface area contributed by atoms with Gasteiger partial charge in [-0.1, -0.05) is 31.2 Å². The average molecular weight is 496 g/mol. The largest absolute Gasteiger partial charge is 0.481 e. The fraction of sp³-hybridized carbons (Fsp3) is 0.517. The zero-order valence-electron chi connectivity index (χ0n) is 21.8. The lowest BCUT2D eigenvalue weighted by atomic mass is 9.83. The lowest BCUT2D eigenvalue weighted by Crippen LogP contribution is -2.44. The van der Waals surface area contributed by atoms with Crippen LogP contribution in [0.2, 0.25) is 0 Å². The average Bonchev–Trinajstić information content (AvgIpc) is 3.22. The van der Waals surface area contributed by atoms with Crippen LogP contribution in [0, 0.1) is 12.8 Å². The maximum absolute atomic E-state index is 12.5. The summed E-state index contributed by atoms with van der Waals surface area (Å²) in [6.45, 7) is 8.06. The van der Waals surface area contributed by atoms with E-state index in [0.717, 1.165) is 24.0 Å². The first-order valence-corrected chi connectivity index (χ1v) is 12.9. The predicted molar refractivity (Wildman–Crippen MR) is 140 cm³/mol. The van der Waals surface area contributed by atoms with Crippen LogP contribution >= 0.6 is 0 Å². The Labute approximate surface area is 213 Å². The molecule has 1 aromatic heterocycles. The van der Waals surface area contributed by atoms with Gasteiger partial charge in [-0.2, -0.15) is 0 Å². The molecule has 1 aliphatic carbocycles. The van der Waals surface area contributed by atoms with E-state index in [1.807, 2.05) is 14.0 Å². The van der Waals surface area contributed by atoms with Gasteiger partial charge in [0.15, 0.2) is 0 Å². The normalized spacial score (nSPS) is 20.4. The van der Waals surface area contributed by atoms with Gasteiger partial charge in [-0.3, -0.25) is 14.1 Å². The first kappa shape index (κ1) is 26.3. The minimum Gasteiger partial charge on any atom is -0.481 e. The molecule has 0 unspecified atom stereocenters. The van der Waals surface area contributed by atoms with Gasteiger partial charge in [0, 0.05) is 37.4 Å². The predicted octanol–water partition coefficient (Wildman–Crippen LogP) is 4.93. The van der Waals surface area contributed by atoms with Crippen LogP contribution in [0.25, 0.3) is 5.57 Å². The first-order chi connectivity index (χ1) is 17.3. The van der Waals surface area contributed by atoms with Crippen molar-refractivity contribution in [2.45, 2.75) is 52.1 Å². The van der Waals surface area contributed by atoms with E-state index >= 15 is 0 Å². The van der Waals surface area contributed by atoms with Crippen LogP contribution < -0.4 is 4.74 Å². The molecule has 2 aliphatic rings. The van der Waals surface area contributed by atoms with E-state index in [-0.39, 0.29) is 18.8 Å². The van der Waals surface area contributed by atoms with Gasteiger partial charge in [0.2, 0.25) is 5.88 Å². The molecular formula is C29H38FN3O3. The van der Waals surface area contributed by atoms with E-state index in [2.05, 4.69) is 52.0 Å². The van der Waals surface area contributed by atoms with E-state index < -0.39 is 11.9 Å². The maximum atomic E-state index is 12.5. The van der Waals surface area contributed by atoms with Gasteiger partial charge < -0.3 is 14.7 Å². The lowest BCUT2D eigenvalue weighted by molar-refractivity contribution is -0.142. The fourth-order valence-corrected chi connectivity index (χ4v) is 5.58. The number of pyridine rings is 1. The molecule has 2 heterocycles. The number of alkyl halides is 1. The van der Waals surface area contributed by atoms with Gasteiger partial charge in [0.05, 0.1) is 18.6 Å². The summed E-state index contributed by atoms with van der Waals surface area (Å²) in [5.74, 6) is -0.644. The minimum absolute atomic E-state index is 0.0319. The molecule has 194 valence electrons. The molecule has 1 aromatic carbocycles. The van der Waals surface area contributed by atoms with Crippen LogP contribution in [0.4, 0.5) is 4.39 Å². The van der Waals surface area contributed by atoms with Crippen LogP contribution in [-0.4, -0.2) is 71.9 Å². The van der Waals surface area contributed by atoms with Crippen molar-refractivity contribution in [2.75, 3.05) is 40.0 Å². The summed E-state index contributed by atoms with van der Waals surface area (Å²) in [4.78, 5) is 20.7. The van der Waals surface area contributed by atoms with Gasteiger partial charge in [-0.05, 0) is 74.1 Å². The molecule has 0 saturated carbocycles. The Kier molecular flexibility index (Phi) is 8.42. The second-order valence-electron chi connectivity index (χ2n) is 10.3. The summed E-state index contributed by atoms with van der Waals surface area (Å²) in [5.41, 5.74) is 7.53. The molecule has 1 N–H and O–H groups in total. The highest BCUT2D eigenvalue weighted by Gasteiger charge is 2.40. The Morgan fingerprint density at radius 2 is 2.08 bits per heavy atom. The monoisotopic (exact) mass is 495 g/mol. The highest BCUT2D eigenvalue weighted by Crippen LogP contribution is 2.49. The summed E-state index contributed by atoms with van der Waals surface area (Å²) < 4.78 is 18.6. The number of carboxylic acid groups (broad SMARTS) is 1. The fourth-order valence-electron chi connectivity index (χ4n) is 5.58. The molecule has 3 atom stereocenters. The molecule has 0 amide bonds. The number of benzene rings is 1. The van der Waals surface area contributed by atoms with Crippen LogP contribution in [0.15, 0.2) is 42.1 Å². The number of carboxylic acids is 1. The van der Waals surface area contributed by atoms with Crippen LogP contribution in [0.5, 0.6) is 5.88 Å². The molecule has 0 fully saturated rings. The van der Waals surface area contributed by atoms with Crippen molar-refractivity contribution >= 4 is 11.5 Å². The second-order valence-corrected chi connectivity index (χ2v) is 10.3. The van der Waals surface area contributed by atoms with E-state index in [0.29, 0.717) is 38.5 Å². The summed E-state index contributed by atoms with van der Waals surface area (Å²) in [6, 6.07) is 10.8. The molecule has 1 aliphatic heterocycles. The Hall–Kier alpha value is -2.77. The Balaban J connectivity index is 1.66. The van der Waals surface area contributed by atoms with E-state index in [4.69, 9.17) is 4.74 Å². The molecule has 2 aromatic rings. The highest BCUT2D eigenvalue weighted by molar-refractivity contribution is 5.79. The van der Waals surface area contributed by atoms with Gasteiger partial charge in [0.1, 0.15) is 6.61 Å². The van der Waals surface area contributed by atoms with Gasteiger partial charge in [-0.25, -0.2) is 4.98 Å². The summed E-state index contributed by atoms with van der Waals surface area (Å²) in [5, 5.41) is 9.69. The number of hydrogen-bond donors (Lipinski definition) is 1. The number of fused-ring (bicyclic) bond motifs is 2. The SMILES string of the molecule is Cc1c([C@@H]2C3=C(C[C@@H](C)N2C[C@@H](C)C(=O)O)c2ccccc2C3)ccnc1OCCN(C)CCCF. The molecule has 0 spiro atoms. The highest BCUT2D eigenvalue weighted by atomic mass is 19.1. The number of aromatic nitrogens is 1. The van der Waals surface area contributed by atoms with Crippen molar-refractivity contribution in [3.05, 3.63) is 64.4 Å². The van der Waals surface area contributed by atoms with E-state index in [9.17, 15) is 14.3 Å². The van der Waals surface area contributed by atoms with Gasteiger partial charge in [-0.15, -0.1) is 0 Å². The number of carbonyl (C=O) groups is 1. The zero-order valence-corrected chi connectivity index (χ0v) is 21.8. The van der Waals surface area contributed by atoms with Crippen LogP contribution in [-0.2, 0) is 11.2 Å². The third-order valence-electron chi connectivity index (χ3n) is 7.62. The van der Waals surface area contributed by atoms with Crippen LogP contribution in [0.1, 0.15) is 55.0 Å². The lowest BCUT2D eigenvalue weighted by Gasteiger charge is -2.43. The van der Waals surface area contributed by atoms with Crippen molar-refractivity contribution in [3.8, 4) is 5.88 Å².